The number of carboxylic acid groups (broad SMARTS) is 1. The minimum Gasteiger partial charge on any atom is -0.481 e. The molecule has 0 aliphatic carbocycles. The quantitative estimate of drug-likeness (QED) is 0.849. The number of fused-ring (bicyclic) bond motifs is 1. The van der Waals surface area contributed by atoms with Crippen LogP contribution >= 0.6 is 0 Å². The molecule has 2 aromatic carbocycles. The maximum atomic E-state index is 11.3. The van der Waals surface area contributed by atoms with Gasteiger partial charge in [-0.05, 0) is 36.2 Å². The number of hydrogen-bond acceptors (Lipinski definition) is 2. The van der Waals surface area contributed by atoms with E-state index in [2.05, 4.69) is 35.6 Å². The van der Waals surface area contributed by atoms with Gasteiger partial charge in [-0.3, -0.25) is 4.79 Å². The summed E-state index contributed by atoms with van der Waals surface area (Å²) in [5.74, 6) is -1.08. The smallest absolute Gasteiger partial charge is 0.308 e. The molecular formula is C17H21NO2. The summed E-state index contributed by atoms with van der Waals surface area (Å²) in [4.78, 5) is 11.3. The van der Waals surface area contributed by atoms with Crippen molar-refractivity contribution in [3.63, 3.8) is 0 Å². The predicted octanol–water partition coefficient (Wildman–Crippen LogP) is 3.08. The maximum Gasteiger partial charge on any atom is 0.308 e. The van der Waals surface area contributed by atoms with Gasteiger partial charge in [0.05, 0.1) is 5.92 Å². The minimum atomic E-state index is -0.729. The van der Waals surface area contributed by atoms with Gasteiger partial charge in [-0.15, -0.1) is 0 Å². The third-order valence-corrected chi connectivity index (χ3v) is 3.88. The Bertz CT molecular complexity index is 594. The second-order valence-corrected chi connectivity index (χ2v) is 5.13. The van der Waals surface area contributed by atoms with E-state index in [0.29, 0.717) is 6.42 Å². The highest BCUT2D eigenvalue weighted by Crippen LogP contribution is 2.19. The Morgan fingerprint density at radius 2 is 1.90 bits per heavy atom. The van der Waals surface area contributed by atoms with Gasteiger partial charge in [-0.1, -0.05) is 49.4 Å². The van der Waals surface area contributed by atoms with Crippen molar-refractivity contribution in [2.24, 2.45) is 5.92 Å². The Hall–Kier alpha value is -1.87. The van der Waals surface area contributed by atoms with Crippen molar-refractivity contribution >= 4 is 16.7 Å². The first-order valence-corrected chi connectivity index (χ1v) is 7.03. The zero-order chi connectivity index (χ0) is 14.5. The lowest BCUT2D eigenvalue weighted by Gasteiger charge is -2.22. The number of benzene rings is 2. The predicted molar refractivity (Wildman–Crippen MR) is 81.9 cm³/mol. The highest BCUT2D eigenvalue weighted by molar-refractivity contribution is 5.83. The first-order chi connectivity index (χ1) is 9.65. The van der Waals surface area contributed by atoms with E-state index in [9.17, 15) is 9.90 Å². The van der Waals surface area contributed by atoms with Crippen LogP contribution in [0.5, 0.6) is 0 Å². The molecule has 0 spiro atoms. The molecule has 20 heavy (non-hydrogen) atoms. The first kappa shape index (κ1) is 14.5. The average molecular weight is 271 g/mol. The Labute approximate surface area is 119 Å². The molecule has 2 rings (SSSR count). The molecule has 0 bridgehead atoms. The number of likely N-dealkylation sites (N-methyl/N-ethyl adjacent to an activating group) is 1. The van der Waals surface area contributed by atoms with Gasteiger partial charge in [0.2, 0.25) is 0 Å². The number of rotatable bonds is 6. The van der Waals surface area contributed by atoms with Crippen molar-refractivity contribution in [3.05, 3.63) is 48.0 Å². The van der Waals surface area contributed by atoms with E-state index in [4.69, 9.17) is 0 Å². The van der Waals surface area contributed by atoms with Gasteiger partial charge in [-0.2, -0.15) is 0 Å². The summed E-state index contributed by atoms with van der Waals surface area (Å²) < 4.78 is 0. The van der Waals surface area contributed by atoms with Crippen LogP contribution in [0.1, 0.15) is 18.9 Å². The highest BCUT2D eigenvalue weighted by Gasteiger charge is 2.25. The van der Waals surface area contributed by atoms with E-state index in [-0.39, 0.29) is 12.0 Å². The molecule has 106 valence electrons. The van der Waals surface area contributed by atoms with Crippen LogP contribution in [0, 0.1) is 5.92 Å². The molecule has 0 fully saturated rings. The lowest BCUT2D eigenvalue weighted by molar-refractivity contribution is -0.142. The monoisotopic (exact) mass is 271 g/mol. The Morgan fingerprint density at radius 3 is 2.50 bits per heavy atom. The van der Waals surface area contributed by atoms with Crippen LogP contribution in [0.3, 0.4) is 0 Å². The molecule has 0 amide bonds. The molecule has 0 radical (unpaired) electrons. The number of carboxylic acids is 1. The van der Waals surface area contributed by atoms with Gasteiger partial charge in [0, 0.05) is 6.04 Å². The van der Waals surface area contributed by atoms with Crippen molar-refractivity contribution in [3.8, 4) is 0 Å². The zero-order valence-corrected chi connectivity index (χ0v) is 12.0. The Balaban J connectivity index is 2.22. The van der Waals surface area contributed by atoms with E-state index in [1.807, 2.05) is 26.1 Å². The van der Waals surface area contributed by atoms with E-state index >= 15 is 0 Å². The van der Waals surface area contributed by atoms with E-state index in [0.717, 1.165) is 6.42 Å². The van der Waals surface area contributed by atoms with E-state index in [1.54, 1.807) is 0 Å². The van der Waals surface area contributed by atoms with Crippen molar-refractivity contribution in [2.75, 3.05) is 7.05 Å². The van der Waals surface area contributed by atoms with Crippen LogP contribution in [-0.4, -0.2) is 24.2 Å². The third-order valence-electron chi connectivity index (χ3n) is 3.88. The molecule has 0 aliphatic heterocycles. The molecule has 2 aromatic rings. The number of carbonyl (C=O) groups is 1. The van der Waals surface area contributed by atoms with Gasteiger partial charge >= 0.3 is 5.97 Å². The van der Waals surface area contributed by atoms with Crippen molar-refractivity contribution in [1.29, 1.82) is 0 Å². The van der Waals surface area contributed by atoms with Gasteiger partial charge < -0.3 is 10.4 Å². The normalized spacial score (nSPS) is 14.1. The van der Waals surface area contributed by atoms with Crippen molar-refractivity contribution in [1.82, 2.24) is 5.32 Å². The largest absolute Gasteiger partial charge is 0.481 e. The molecule has 2 atom stereocenters. The molecule has 3 nitrogen and oxygen atoms in total. The molecule has 0 saturated carbocycles. The van der Waals surface area contributed by atoms with E-state index < -0.39 is 5.97 Å². The van der Waals surface area contributed by atoms with E-state index in [1.165, 1.54) is 16.3 Å². The third kappa shape index (κ3) is 3.17. The summed E-state index contributed by atoms with van der Waals surface area (Å²) in [7, 11) is 1.83. The highest BCUT2D eigenvalue weighted by atomic mass is 16.4. The van der Waals surface area contributed by atoms with Crippen LogP contribution in [0.25, 0.3) is 10.8 Å². The lowest BCUT2D eigenvalue weighted by Crippen LogP contribution is -2.39. The van der Waals surface area contributed by atoms with Gasteiger partial charge in [0.25, 0.3) is 0 Å². The fourth-order valence-corrected chi connectivity index (χ4v) is 2.70. The minimum absolute atomic E-state index is 0.0429. The van der Waals surface area contributed by atoms with Crippen LogP contribution in [0.15, 0.2) is 42.5 Å². The average Bonchev–Trinajstić information content (AvgIpc) is 2.46. The van der Waals surface area contributed by atoms with Gasteiger partial charge in [0.15, 0.2) is 0 Å². The van der Waals surface area contributed by atoms with Crippen molar-refractivity contribution in [2.45, 2.75) is 25.8 Å². The SMILES string of the molecule is CCC(C(=O)O)C(Cc1ccc2ccccc2c1)NC. The number of hydrogen-bond donors (Lipinski definition) is 2. The molecular weight excluding hydrogens is 250 g/mol. The second-order valence-electron chi connectivity index (χ2n) is 5.13. The maximum absolute atomic E-state index is 11.3. The van der Waals surface area contributed by atoms with Gasteiger partial charge in [-0.25, -0.2) is 0 Å². The van der Waals surface area contributed by atoms with Crippen LogP contribution < -0.4 is 5.32 Å². The standard InChI is InChI=1S/C17H21NO2/c1-3-15(17(19)20)16(18-2)11-12-8-9-13-6-4-5-7-14(13)10-12/h4-10,15-16,18H,3,11H2,1-2H3,(H,19,20). The van der Waals surface area contributed by atoms with Crippen molar-refractivity contribution < 1.29 is 9.90 Å². The lowest BCUT2D eigenvalue weighted by atomic mass is 9.91. The topological polar surface area (TPSA) is 49.3 Å². The molecule has 2 N–H and O–H groups in total. The summed E-state index contributed by atoms with van der Waals surface area (Å²) in [6.45, 7) is 1.92. The molecule has 0 heterocycles. The Kier molecular flexibility index (Phi) is 4.74. The molecule has 0 aromatic heterocycles. The zero-order valence-electron chi connectivity index (χ0n) is 12.0. The second kappa shape index (κ2) is 6.53. The summed E-state index contributed by atoms with van der Waals surface area (Å²) in [6.07, 6.45) is 1.36. The Morgan fingerprint density at radius 1 is 1.20 bits per heavy atom. The fourth-order valence-electron chi connectivity index (χ4n) is 2.70. The van der Waals surface area contributed by atoms with Gasteiger partial charge in [0.1, 0.15) is 0 Å². The summed E-state index contributed by atoms with van der Waals surface area (Å²) >= 11 is 0. The molecule has 0 aliphatic rings. The summed E-state index contributed by atoms with van der Waals surface area (Å²) in [5.41, 5.74) is 1.17. The number of nitrogens with one attached hydrogen (secondary N) is 1. The first-order valence-electron chi connectivity index (χ1n) is 7.03. The molecule has 0 saturated heterocycles. The number of aliphatic carboxylic acids is 1. The summed E-state index contributed by atoms with van der Waals surface area (Å²) in [6, 6.07) is 14.5. The fraction of sp³-hybridized carbons (Fsp3) is 0.353. The molecule has 3 heteroatoms. The van der Waals surface area contributed by atoms with Crippen LogP contribution in [-0.2, 0) is 11.2 Å². The van der Waals surface area contributed by atoms with Crippen LogP contribution in [0.2, 0.25) is 0 Å². The molecule has 2 unspecified atom stereocenters. The van der Waals surface area contributed by atoms with Crippen LogP contribution in [0.4, 0.5) is 0 Å². The summed E-state index contributed by atoms with van der Waals surface area (Å²) in [5, 5.41) is 14.8.